The SMILES string of the molecule is CC(C)=Cc1ccc(NC[C@@]2(C)CCC[C@]3(C)c4ccc(C(C)C)cc4CC[C@@H]23)c([N+](=O)[O-])c1. The van der Waals surface area contributed by atoms with Gasteiger partial charge in [-0.05, 0) is 90.5 Å². The van der Waals surface area contributed by atoms with E-state index < -0.39 is 0 Å². The zero-order valence-corrected chi connectivity index (χ0v) is 21.7. The highest BCUT2D eigenvalue weighted by atomic mass is 16.6. The monoisotopic (exact) mass is 460 g/mol. The van der Waals surface area contributed by atoms with Crippen molar-refractivity contribution in [2.45, 2.75) is 85.0 Å². The number of nitro groups is 1. The summed E-state index contributed by atoms with van der Waals surface area (Å²) in [6.45, 7) is 14.2. The molecule has 0 unspecified atom stereocenters. The predicted octanol–water partition coefficient (Wildman–Crippen LogP) is 8.26. The van der Waals surface area contributed by atoms with Gasteiger partial charge in [-0.2, -0.15) is 0 Å². The lowest BCUT2D eigenvalue weighted by Crippen LogP contribution is -2.51. The minimum Gasteiger partial charge on any atom is -0.379 e. The molecule has 182 valence electrons. The largest absolute Gasteiger partial charge is 0.379 e. The van der Waals surface area contributed by atoms with Gasteiger partial charge in [0.25, 0.3) is 5.69 Å². The minimum absolute atomic E-state index is 0.0911. The lowest BCUT2D eigenvalue weighted by atomic mass is 9.49. The molecular formula is C30H40N2O2. The van der Waals surface area contributed by atoms with Crippen molar-refractivity contribution in [3.8, 4) is 0 Å². The molecule has 0 heterocycles. The van der Waals surface area contributed by atoms with E-state index in [0.29, 0.717) is 17.5 Å². The number of rotatable bonds is 6. The Morgan fingerprint density at radius 1 is 1.18 bits per heavy atom. The summed E-state index contributed by atoms with van der Waals surface area (Å²) in [5.74, 6) is 1.11. The van der Waals surface area contributed by atoms with Gasteiger partial charge in [0, 0.05) is 12.6 Å². The van der Waals surface area contributed by atoms with E-state index in [0.717, 1.165) is 30.5 Å². The number of hydrogen-bond acceptors (Lipinski definition) is 3. The molecule has 2 aromatic carbocycles. The number of anilines is 1. The van der Waals surface area contributed by atoms with Crippen molar-refractivity contribution in [3.63, 3.8) is 0 Å². The number of aryl methyl sites for hydroxylation is 1. The van der Waals surface area contributed by atoms with E-state index in [1.165, 1.54) is 36.0 Å². The third-order valence-electron chi connectivity index (χ3n) is 8.52. The zero-order chi connectivity index (χ0) is 24.7. The number of hydrogen-bond donors (Lipinski definition) is 1. The maximum atomic E-state index is 11.8. The van der Waals surface area contributed by atoms with Crippen LogP contribution in [-0.2, 0) is 11.8 Å². The smallest absolute Gasteiger partial charge is 0.292 e. The number of allylic oxidation sites excluding steroid dienone is 1. The second kappa shape index (κ2) is 9.20. The van der Waals surface area contributed by atoms with Gasteiger partial charge in [-0.3, -0.25) is 10.1 Å². The minimum atomic E-state index is -0.263. The van der Waals surface area contributed by atoms with Crippen LogP contribution in [0.3, 0.4) is 0 Å². The third kappa shape index (κ3) is 4.52. The van der Waals surface area contributed by atoms with Gasteiger partial charge in [0.1, 0.15) is 5.69 Å². The van der Waals surface area contributed by atoms with Crippen LogP contribution in [0.15, 0.2) is 42.0 Å². The van der Waals surface area contributed by atoms with Crippen LogP contribution in [0, 0.1) is 21.4 Å². The molecule has 4 nitrogen and oxygen atoms in total. The molecule has 0 bridgehead atoms. The fourth-order valence-corrected chi connectivity index (χ4v) is 6.78. The normalized spacial score (nSPS) is 25.9. The average Bonchev–Trinajstić information content (AvgIpc) is 2.77. The van der Waals surface area contributed by atoms with Crippen molar-refractivity contribution in [1.82, 2.24) is 0 Å². The first-order valence-corrected chi connectivity index (χ1v) is 12.8. The molecule has 2 aliphatic carbocycles. The van der Waals surface area contributed by atoms with Crippen molar-refractivity contribution < 1.29 is 4.92 Å². The van der Waals surface area contributed by atoms with E-state index in [9.17, 15) is 10.1 Å². The molecule has 1 fully saturated rings. The third-order valence-corrected chi connectivity index (χ3v) is 8.52. The Balaban J connectivity index is 1.60. The van der Waals surface area contributed by atoms with Gasteiger partial charge in [0.15, 0.2) is 0 Å². The molecule has 0 radical (unpaired) electrons. The zero-order valence-electron chi connectivity index (χ0n) is 21.7. The lowest BCUT2D eigenvalue weighted by molar-refractivity contribution is -0.384. The van der Waals surface area contributed by atoms with Crippen LogP contribution in [0.4, 0.5) is 11.4 Å². The fourth-order valence-electron chi connectivity index (χ4n) is 6.78. The van der Waals surface area contributed by atoms with Crippen LogP contribution in [0.2, 0.25) is 0 Å². The van der Waals surface area contributed by atoms with Crippen LogP contribution in [-0.4, -0.2) is 11.5 Å². The van der Waals surface area contributed by atoms with Crippen LogP contribution < -0.4 is 5.32 Å². The van der Waals surface area contributed by atoms with Crippen molar-refractivity contribution in [1.29, 1.82) is 0 Å². The molecule has 34 heavy (non-hydrogen) atoms. The predicted molar refractivity (Wildman–Crippen MR) is 143 cm³/mol. The molecule has 0 spiro atoms. The Morgan fingerprint density at radius 2 is 1.94 bits per heavy atom. The van der Waals surface area contributed by atoms with E-state index in [1.807, 2.05) is 32.1 Å². The number of benzene rings is 2. The maximum Gasteiger partial charge on any atom is 0.292 e. The van der Waals surface area contributed by atoms with Gasteiger partial charge < -0.3 is 5.32 Å². The first-order chi connectivity index (χ1) is 16.0. The average molecular weight is 461 g/mol. The Hall–Kier alpha value is -2.62. The Bertz CT molecular complexity index is 1110. The first kappa shape index (κ1) is 24.5. The van der Waals surface area contributed by atoms with Gasteiger partial charge in [0.05, 0.1) is 4.92 Å². The summed E-state index contributed by atoms with van der Waals surface area (Å²) >= 11 is 0. The van der Waals surface area contributed by atoms with Gasteiger partial charge in [-0.25, -0.2) is 0 Å². The van der Waals surface area contributed by atoms with E-state index in [1.54, 1.807) is 6.07 Å². The number of fused-ring (bicyclic) bond motifs is 3. The summed E-state index contributed by atoms with van der Waals surface area (Å²) in [5.41, 5.74) is 7.55. The first-order valence-electron chi connectivity index (χ1n) is 12.8. The Labute approximate surface area is 205 Å². The maximum absolute atomic E-state index is 11.8. The highest BCUT2D eigenvalue weighted by Crippen LogP contribution is 2.57. The van der Waals surface area contributed by atoms with Gasteiger partial charge in [-0.15, -0.1) is 0 Å². The summed E-state index contributed by atoms with van der Waals surface area (Å²) in [6.07, 6.45) is 7.86. The molecule has 0 amide bonds. The van der Waals surface area contributed by atoms with E-state index in [2.05, 4.69) is 51.2 Å². The quantitative estimate of drug-likeness (QED) is 0.349. The van der Waals surface area contributed by atoms with E-state index in [4.69, 9.17) is 0 Å². The highest BCUT2D eigenvalue weighted by Gasteiger charge is 2.51. The second-order valence-electron chi connectivity index (χ2n) is 11.7. The second-order valence-corrected chi connectivity index (χ2v) is 11.7. The number of nitro benzene ring substituents is 1. The Morgan fingerprint density at radius 3 is 2.62 bits per heavy atom. The van der Waals surface area contributed by atoms with Crippen molar-refractivity contribution in [3.05, 3.63) is 74.3 Å². The molecule has 4 heteroatoms. The fraction of sp³-hybridized carbons (Fsp3) is 0.533. The summed E-state index contributed by atoms with van der Waals surface area (Å²) in [6, 6.07) is 12.7. The molecule has 1 saturated carbocycles. The van der Waals surface area contributed by atoms with Gasteiger partial charge >= 0.3 is 0 Å². The Kier molecular flexibility index (Phi) is 6.63. The van der Waals surface area contributed by atoms with Gasteiger partial charge in [-0.1, -0.05) is 70.0 Å². The van der Waals surface area contributed by atoms with E-state index in [-0.39, 0.29) is 21.4 Å². The molecule has 2 aromatic rings. The topological polar surface area (TPSA) is 55.2 Å². The number of nitrogens with zero attached hydrogens (tertiary/aromatic N) is 1. The highest BCUT2D eigenvalue weighted by molar-refractivity contribution is 5.67. The van der Waals surface area contributed by atoms with Crippen LogP contribution >= 0.6 is 0 Å². The summed E-state index contributed by atoms with van der Waals surface area (Å²) in [5, 5.41) is 15.3. The summed E-state index contributed by atoms with van der Waals surface area (Å²) in [7, 11) is 0. The summed E-state index contributed by atoms with van der Waals surface area (Å²) < 4.78 is 0. The molecule has 0 saturated heterocycles. The van der Waals surface area contributed by atoms with Crippen LogP contribution in [0.25, 0.3) is 6.08 Å². The molecule has 0 aromatic heterocycles. The molecule has 4 rings (SSSR count). The van der Waals surface area contributed by atoms with Crippen molar-refractivity contribution in [2.75, 3.05) is 11.9 Å². The van der Waals surface area contributed by atoms with Crippen LogP contribution in [0.5, 0.6) is 0 Å². The standard InChI is InChI=1S/C30H40N2O2/c1-20(2)16-22-8-12-26(27(17-22)32(33)34)31-19-29(5)14-7-15-30(6)25-11-9-23(21(3)4)18-24(25)10-13-28(29)30/h8-9,11-12,16-18,21,28,31H,7,10,13-15,19H2,1-6H3/t28-,29+,30+/m0/s1. The van der Waals surface area contributed by atoms with E-state index >= 15 is 0 Å². The van der Waals surface area contributed by atoms with Crippen molar-refractivity contribution in [2.24, 2.45) is 11.3 Å². The molecular weight excluding hydrogens is 420 g/mol. The molecule has 3 atom stereocenters. The molecule has 0 aliphatic heterocycles. The molecule has 2 aliphatic rings. The van der Waals surface area contributed by atoms with Gasteiger partial charge in [0.2, 0.25) is 0 Å². The lowest BCUT2D eigenvalue weighted by Gasteiger charge is -2.55. The van der Waals surface area contributed by atoms with Crippen molar-refractivity contribution >= 4 is 17.5 Å². The van der Waals surface area contributed by atoms with Crippen LogP contribution in [0.1, 0.15) is 95.4 Å². The summed E-state index contributed by atoms with van der Waals surface area (Å²) in [4.78, 5) is 11.6. The number of nitrogens with one attached hydrogen (secondary N) is 1. The molecule has 1 N–H and O–H groups in total.